The number of carbonyl (C=O) groups excluding carboxylic acids is 2. The third kappa shape index (κ3) is 8.45. The van der Waals surface area contributed by atoms with E-state index in [0.717, 1.165) is 31.4 Å². The summed E-state index contributed by atoms with van der Waals surface area (Å²) in [6.07, 6.45) is -1.37. The number of urea groups is 1. The van der Waals surface area contributed by atoms with Gasteiger partial charge in [-0.1, -0.05) is 52.7 Å². The highest BCUT2D eigenvalue weighted by atomic mass is 19.4. The standard InChI is InChI=1S/C31H39F4N3O4/c1-5-12-30(14-6-13-29(2,3)4)20-37(25-17-23(31(33,34)35)16-24(32)18-25)28(42)38(30)19-21-7-9-22(10-8-21)27(41)36-15-11-26(39)40/h7-10,16-18H,5-6,11-15,19-20H2,1-4H3,(H,36,41)(H,39,40). The highest BCUT2D eigenvalue weighted by Gasteiger charge is 2.49. The summed E-state index contributed by atoms with van der Waals surface area (Å²) in [4.78, 5) is 39.9. The summed E-state index contributed by atoms with van der Waals surface area (Å²) >= 11 is 0. The minimum Gasteiger partial charge on any atom is -0.481 e. The molecule has 2 aromatic rings. The lowest BCUT2D eigenvalue weighted by Crippen LogP contribution is -2.46. The van der Waals surface area contributed by atoms with Crippen LogP contribution in [0.2, 0.25) is 0 Å². The van der Waals surface area contributed by atoms with Crippen molar-refractivity contribution in [1.82, 2.24) is 10.2 Å². The van der Waals surface area contributed by atoms with Crippen LogP contribution in [0.15, 0.2) is 42.5 Å². The van der Waals surface area contributed by atoms with E-state index in [2.05, 4.69) is 26.1 Å². The van der Waals surface area contributed by atoms with Crippen molar-refractivity contribution in [2.45, 2.75) is 84.5 Å². The molecule has 3 amide bonds. The Balaban J connectivity index is 1.94. The summed E-state index contributed by atoms with van der Waals surface area (Å²) in [5.74, 6) is -2.53. The second-order valence-electron chi connectivity index (χ2n) is 12.1. The van der Waals surface area contributed by atoms with Crippen LogP contribution in [-0.4, -0.2) is 46.5 Å². The molecular formula is C31H39F4N3O4. The Morgan fingerprint density at radius 3 is 2.29 bits per heavy atom. The van der Waals surface area contributed by atoms with Crippen molar-refractivity contribution >= 4 is 23.6 Å². The number of hydrogen-bond acceptors (Lipinski definition) is 3. The van der Waals surface area contributed by atoms with Gasteiger partial charge in [0.25, 0.3) is 5.91 Å². The number of carbonyl (C=O) groups is 3. The van der Waals surface area contributed by atoms with E-state index in [4.69, 9.17) is 5.11 Å². The van der Waals surface area contributed by atoms with Crippen LogP contribution >= 0.6 is 0 Å². The molecule has 230 valence electrons. The summed E-state index contributed by atoms with van der Waals surface area (Å²) in [5.41, 5.74) is -0.920. The lowest BCUT2D eigenvalue weighted by atomic mass is 9.82. The third-order valence-corrected chi connectivity index (χ3v) is 7.47. The van der Waals surface area contributed by atoms with Crippen LogP contribution < -0.4 is 10.2 Å². The van der Waals surface area contributed by atoms with Crippen molar-refractivity contribution in [3.63, 3.8) is 0 Å². The van der Waals surface area contributed by atoms with Crippen molar-refractivity contribution in [1.29, 1.82) is 0 Å². The Labute approximate surface area is 243 Å². The number of nitrogens with one attached hydrogen (secondary N) is 1. The number of aliphatic carboxylic acids is 1. The molecule has 0 saturated carbocycles. The van der Waals surface area contributed by atoms with E-state index in [1.807, 2.05) is 6.92 Å². The van der Waals surface area contributed by atoms with E-state index in [9.17, 15) is 31.9 Å². The number of carboxylic acid groups (broad SMARTS) is 1. The monoisotopic (exact) mass is 593 g/mol. The van der Waals surface area contributed by atoms with Gasteiger partial charge < -0.3 is 15.3 Å². The van der Waals surface area contributed by atoms with E-state index >= 15 is 0 Å². The average Bonchev–Trinajstić information content (AvgIpc) is 3.14. The molecule has 2 N–H and O–H groups in total. The molecule has 42 heavy (non-hydrogen) atoms. The molecule has 2 aromatic carbocycles. The molecule has 0 bridgehead atoms. The van der Waals surface area contributed by atoms with Crippen molar-refractivity contribution < 1.29 is 37.1 Å². The molecule has 1 aliphatic heterocycles. The molecule has 0 radical (unpaired) electrons. The fraction of sp³-hybridized carbons (Fsp3) is 0.516. The van der Waals surface area contributed by atoms with Crippen LogP contribution in [0, 0.1) is 11.2 Å². The summed E-state index contributed by atoms with van der Waals surface area (Å²) in [6.45, 7) is 8.59. The molecule has 11 heteroatoms. The van der Waals surface area contributed by atoms with Gasteiger partial charge in [-0.2, -0.15) is 13.2 Å². The predicted molar refractivity (Wildman–Crippen MR) is 152 cm³/mol. The van der Waals surface area contributed by atoms with Gasteiger partial charge in [-0.05, 0) is 60.6 Å². The first-order valence-corrected chi connectivity index (χ1v) is 14.1. The maximum atomic E-state index is 14.4. The maximum absolute atomic E-state index is 14.4. The molecule has 1 unspecified atom stereocenters. The summed E-state index contributed by atoms with van der Waals surface area (Å²) in [6, 6.07) is 8.22. The van der Waals surface area contributed by atoms with E-state index in [0.29, 0.717) is 30.0 Å². The summed E-state index contributed by atoms with van der Waals surface area (Å²) in [5, 5.41) is 11.3. The minimum absolute atomic E-state index is 0.0156. The Kier molecular flexibility index (Phi) is 10.3. The van der Waals surface area contributed by atoms with Gasteiger partial charge in [-0.15, -0.1) is 0 Å². The number of amides is 3. The van der Waals surface area contributed by atoms with Crippen molar-refractivity contribution in [3.05, 3.63) is 65.0 Å². The van der Waals surface area contributed by atoms with E-state index in [-0.39, 0.29) is 37.2 Å². The van der Waals surface area contributed by atoms with Gasteiger partial charge in [0, 0.05) is 24.3 Å². The number of anilines is 1. The van der Waals surface area contributed by atoms with Gasteiger partial charge >= 0.3 is 18.2 Å². The predicted octanol–water partition coefficient (Wildman–Crippen LogP) is 7.25. The lowest BCUT2D eigenvalue weighted by Gasteiger charge is -2.38. The topological polar surface area (TPSA) is 90.0 Å². The molecule has 1 fully saturated rings. The van der Waals surface area contributed by atoms with E-state index in [1.54, 1.807) is 29.2 Å². The summed E-state index contributed by atoms with van der Waals surface area (Å²) < 4.78 is 54.9. The average molecular weight is 594 g/mol. The van der Waals surface area contributed by atoms with Gasteiger partial charge in [-0.25, -0.2) is 9.18 Å². The van der Waals surface area contributed by atoms with Gasteiger partial charge in [0.2, 0.25) is 0 Å². The van der Waals surface area contributed by atoms with Crippen LogP contribution in [0.4, 0.5) is 28.0 Å². The molecule has 1 saturated heterocycles. The number of benzene rings is 2. The largest absolute Gasteiger partial charge is 0.481 e. The second kappa shape index (κ2) is 13.1. The Morgan fingerprint density at radius 1 is 1.05 bits per heavy atom. The van der Waals surface area contributed by atoms with Crippen LogP contribution in [0.1, 0.15) is 87.7 Å². The number of alkyl halides is 3. The summed E-state index contributed by atoms with van der Waals surface area (Å²) in [7, 11) is 0. The van der Waals surface area contributed by atoms with Gasteiger partial charge in [0.15, 0.2) is 0 Å². The number of nitrogens with zero attached hydrogens (tertiary/aromatic N) is 2. The van der Waals surface area contributed by atoms with Crippen LogP contribution in [0.5, 0.6) is 0 Å². The van der Waals surface area contributed by atoms with E-state index < -0.39 is 41.0 Å². The first kappa shape index (κ1) is 32.9. The van der Waals surface area contributed by atoms with Crippen LogP contribution in [-0.2, 0) is 17.5 Å². The Bertz CT molecular complexity index is 1270. The number of rotatable bonds is 12. The molecule has 0 aliphatic carbocycles. The molecule has 1 atom stereocenters. The smallest absolute Gasteiger partial charge is 0.416 e. The first-order valence-electron chi connectivity index (χ1n) is 14.1. The normalized spacial score (nSPS) is 17.6. The van der Waals surface area contributed by atoms with Crippen LogP contribution in [0.25, 0.3) is 0 Å². The third-order valence-electron chi connectivity index (χ3n) is 7.47. The number of halogens is 4. The lowest BCUT2D eigenvalue weighted by molar-refractivity contribution is -0.138. The van der Waals surface area contributed by atoms with Gasteiger partial charge in [0.05, 0.1) is 24.1 Å². The molecule has 1 aliphatic rings. The molecule has 0 spiro atoms. The van der Waals surface area contributed by atoms with Crippen molar-refractivity contribution in [2.24, 2.45) is 5.41 Å². The van der Waals surface area contributed by atoms with Crippen molar-refractivity contribution in [2.75, 3.05) is 18.0 Å². The molecular weight excluding hydrogens is 554 g/mol. The number of carboxylic acids is 1. The van der Waals surface area contributed by atoms with E-state index in [1.165, 1.54) is 4.90 Å². The zero-order chi connectivity index (χ0) is 31.3. The van der Waals surface area contributed by atoms with Crippen LogP contribution in [0.3, 0.4) is 0 Å². The first-order chi connectivity index (χ1) is 19.5. The Morgan fingerprint density at radius 2 is 1.71 bits per heavy atom. The zero-order valence-electron chi connectivity index (χ0n) is 24.5. The number of hydrogen-bond donors (Lipinski definition) is 2. The second-order valence-corrected chi connectivity index (χ2v) is 12.1. The highest BCUT2D eigenvalue weighted by molar-refractivity contribution is 5.96. The Hall–Kier alpha value is -3.63. The molecule has 3 rings (SSSR count). The fourth-order valence-electron chi connectivity index (χ4n) is 5.42. The highest BCUT2D eigenvalue weighted by Crippen LogP contribution is 2.41. The SMILES string of the molecule is CCCC1(CCCC(C)(C)C)CN(c2cc(F)cc(C(F)(F)F)c2)C(=O)N1Cc1ccc(C(=O)NCCC(=O)O)cc1. The molecule has 0 aromatic heterocycles. The molecule has 1 heterocycles. The minimum atomic E-state index is -4.77. The fourth-order valence-corrected chi connectivity index (χ4v) is 5.42. The van der Waals surface area contributed by atoms with Gasteiger partial charge in [-0.3, -0.25) is 14.5 Å². The zero-order valence-corrected chi connectivity index (χ0v) is 24.5. The van der Waals surface area contributed by atoms with Gasteiger partial charge in [0.1, 0.15) is 5.82 Å². The molecule has 7 nitrogen and oxygen atoms in total. The maximum Gasteiger partial charge on any atom is 0.416 e. The quantitative estimate of drug-likeness (QED) is 0.254. The van der Waals surface area contributed by atoms with Crippen molar-refractivity contribution in [3.8, 4) is 0 Å².